The van der Waals surface area contributed by atoms with Crippen molar-refractivity contribution >= 4 is 12.6 Å². The van der Waals surface area contributed by atoms with Crippen LogP contribution in [0.15, 0.2) is 12.4 Å². The SMILES string of the molecule is Cc1ncc(B(O)O)cn1. The van der Waals surface area contributed by atoms with Crippen LogP contribution in [0.2, 0.25) is 0 Å². The fourth-order valence-corrected chi connectivity index (χ4v) is 0.536. The predicted octanol–water partition coefficient (Wildman–Crippen LogP) is -1.54. The zero-order chi connectivity index (χ0) is 7.56. The average Bonchev–Trinajstić information content (AvgIpc) is 1.88. The van der Waals surface area contributed by atoms with E-state index < -0.39 is 7.12 Å². The number of rotatable bonds is 1. The van der Waals surface area contributed by atoms with Crippen molar-refractivity contribution in [3.8, 4) is 0 Å². The topological polar surface area (TPSA) is 66.2 Å². The first-order valence-corrected chi connectivity index (χ1v) is 2.85. The Hall–Kier alpha value is -0.935. The van der Waals surface area contributed by atoms with Gasteiger partial charge in [-0.2, -0.15) is 0 Å². The number of nitrogens with zero attached hydrogens (tertiary/aromatic N) is 2. The van der Waals surface area contributed by atoms with Crippen LogP contribution < -0.4 is 5.46 Å². The third kappa shape index (κ3) is 1.52. The van der Waals surface area contributed by atoms with Crippen molar-refractivity contribution < 1.29 is 10.0 Å². The summed E-state index contributed by atoms with van der Waals surface area (Å²) in [4.78, 5) is 7.54. The molecule has 0 amide bonds. The fraction of sp³-hybridized carbons (Fsp3) is 0.200. The minimum absolute atomic E-state index is 0.311. The van der Waals surface area contributed by atoms with Gasteiger partial charge in [-0.15, -0.1) is 0 Å². The summed E-state index contributed by atoms with van der Waals surface area (Å²) in [6.45, 7) is 1.73. The summed E-state index contributed by atoms with van der Waals surface area (Å²) >= 11 is 0. The molecule has 0 aromatic carbocycles. The molecule has 4 nitrogen and oxygen atoms in total. The lowest BCUT2D eigenvalue weighted by Crippen LogP contribution is -2.30. The van der Waals surface area contributed by atoms with E-state index in [0.717, 1.165) is 0 Å². The average molecular weight is 138 g/mol. The van der Waals surface area contributed by atoms with Crippen molar-refractivity contribution in [3.05, 3.63) is 18.2 Å². The Morgan fingerprint density at radius 3 is 2.20 bits per heavy atom. The molecule has 1 aromatic heterocycles. The lowest BCUT2D eigenvalue weighted by Gasteiger charge is -1.95. The Labute approximate surface area is 58.7 Å². The zero-order valence-corrected chi connectivity index (χ0v) is 5.52. The fourth-order valence-electron chi connectivity index (χ4n) is 0.536. The van der Waals surface area contributed by atoms with Gasteiger partial charge >= 0.3 is 7.12 Å². The molecule has 1 rings (SSSR count). The molecule has 1 heterocycles. The third-order valence-corrected chi connectivity index (χ3v) is 1.10. The highest BCUT2D eigenvalue weighted by Gasteiger charge is 2.10. The normalized spacial score (nSPS) is 9.50. The Bertz CT molecular complexity index is 211. The Kier molecular flexibility index (Phi) is 1.98. The van der Waals surface area contributed by atoms with E-state index in [2.05, 4.69) is 9.97 Å². The molecule has 0 fully saturated rings. The van der Waals surface area contributed by atoms with Gasteiger partial charge in [-0.05, 0) is 6.92 Å². The standard InChI is InChI=1S/C5H7BN2O2/c1-4-7-2-5(3-8-4)6(9)10/h2-3,9-10H,1H3. The van der Waals surface area contributed by atoms with Crippen LogP contribution in [0.25, 0.3) is 0 Å². The first kappa shape index (κ1) is 7.18. The van der Waals surface area contributed by atoms with Crippen molar-refractivity contribution in [2.45, 2.75) is 6.92 Å². The summed E-state index contributed by atoms with van der Waals surface area (Å²) in [5.41, 5.74) is 0.311. The van der Waals surface area contributed by atoms with Gasteiger partial charge in [0.25, 0.3) is 0 Å². The minimum atomic E-state index is -1.47. The molecule has 2 N–H and O–H groups in total. The quantitative estimate of drug-likeness (QED) is 0.461. The maximum atomic E-state index is 8.59. The van der Waals surface area contributed by atoms with Gasteiger partial charge in [-0.3, -0.25) is 0 Å². The zero-order valence-electron chi connectivity index (χ0n) is 5.52. The van der Waals surface area contributed by atoms with Gasteiger partial charge in [0.2, 0.25) is 0 Å². The van der Waals surface area contributed by atoms with Crippen molar-refractivity contribution in [2.75, 3.05) is 0 Å². The first-order chi connectivity index (χ1) is 4.70. The van der Waals surface area contributed by atoms with Crippen LogP contribution in [-0.4, -0.2) is 27.1 Å². The number of aromatic nitrogens is 2. The molecule has 52 valence electrons. The Balaban J connectivity index is 2.89. The van der Waals surface area contributed by atoms with E-state index in [4.69, 9.17) is 10.0 Å². The van der Waals surface area contributed by atoms with Gasteiger partial charge in [-0.25, -0.2) is 9.97 Å². The largest absolute Gasteiger partial charge is 0.491 e. The summed E-state index contributed by atoms with van der Waals surface area (Å²) in [6.07, 6.45) is 2.76. The summed E-state index contributed by atoms with van der Waals surface area (Å²) in [5, 5.41) is 17.2. The van der Waals surface area contributed by atoms with E-state index >= 15 is 0 Å². The Morgan fingerprint density at radius 2 is 1.80 bits per heavy atom. The monoisotopic (exact) mass is 138 g/mol. The molecule has 0 bridgehead atoms. The number of hydrogen-bond acceptors (Lipinski definition) is 4. The second-order valence-electron chi connectivity index (χ2n) is 1.94. The second-order valence-corrected chi connectivity index (χ2v) is 1.94. The van der Waals surface area contributed by atoms with E-state index in [9.17, 15) is 0 Å². The van der Waals surface area contributed by atoms with Crippen LogP contribution in [0.5, 0.6) is 0 Å². The maximum Gasteiger partial charge on any atom is 0.491 e. The minimum Gasteiger partial charge on any atom is -0.423 e. The van der Waals surface area contributed by atoms with Gasteiger partial charge in [0.15, 0.2) is 0 Å². The summed E-state index contributed by atoms with van der Waals surface area (Å²) in [7, 11) is -1.47. The van der Waals surface area contributed by atoms with Crippen LogP contribution in [-0.2, 0) is 0 Å². The van der Waals surface area contributed by atoms with Crippen LogP contribution in [0.4, 0.5) is 0 Å². The molecule has 0 radical (unpaired) electrons. The molecule has 0 aliphatic rings. The summed E-state index contributed by atoms with van der Waals surface area (Å²) in [6, 6.07) is 0. The van der Waals surface area contributed by atoms with Gasteiger partial charge < -0.3 is 10.0 Å². The highest BCUT2D eigenvalue weighted by Crippen LogP contribution is 1.80. The highest BCUT2D eigenvalue weighted by molar-refractivity contribution is 6.58. The van der Waals surface area contributed by atoms with Gasteiger partial charge in [0.1, 0.15) is 5.82 Å². The molecule has 0 aliphatic heterocycles. The van der Waals surface area contributed by atoms with Crippen LogP contribution in [0.1, 0.15) is 5.82 Å². The van der Waals surface area contributed by atoms with Crippen molar-refractivity contribution in [3.63, 3.8) is 0 Å². The number of hydrogen-bond donors (Lipinski definition) is 2. The molecular formula is C5H7BN2O2. The van der Waals surface area contributed by atoms with Crippen molar-refractivity contribution in [2.24, 2.45) is 0 Å². The van der Waals surface area contributed by atoms with Gasteiger partial charge in [0.05, 0.1) is 0 Å². The molecule has 10 heavy (non-hydrogen) atoms. The van der Waals surface area contributed by atoms with E-state index in [0.29, 0.717) is 11.3 Å². The molecule has 0 saturated heterocycles. The molecule has 0 spiro atoms. The lowest BCUT2D eigenvalue weighted by molar-refractivity contribution is 0.425. The van der Waals surface area contributed by atoms with E-state index in [1.807, 2.05) is 0 Å². The molecule has 0 saturated carbocycles. The predicted molar refractivity (Wildman–Crippen MR) is 36.6 cm³/mol. The molecule has 1 aromatic rings. The van der Waals surface area contributed by atoms with Crippen molar-refractivity contribution in [1.29, 1.82) is 0 Å². The van der Waals surface area contributed by atoms with E-state index in [-0.39, 0.29) is 0 Å². The smallest absolute Gasteiger partial charge is 0.423 e. The van der Waals surface area contributed by atoms with Gasteiger partial charge in [0, 0.05) is 17.9 Å². The first-order valence-electron chi connectivity index (χ1n) is 2.85. The van der Waals surface area contributed by atoms with Crippen LogP contribution in [0, 0.1) is 6.92 Å². The molecule has 5 heteroatoms. The highest BCUT2D eigenvalue weighted by atomic mass is 16.4. The van der Waals surface area contributed by atoms with E-state index in [1.165, 1.54) is 12.4 Å². The van der Waals surface area contributed by atoms with Crippen molar-refractivity contribution in [1.82, 2.24) is 9.97 Å². The van der Waals surface area contributed by atoms with Crippen LogP contribution in [0.3, 0.4) is 0 Å². The number of aryl methyl sites for hydroxylation is 1. The third-order valence-electron chi connectivity index (χ3n) is 1.10. The molecule has 0 unspecified atom stereocenters. The van der Waals surface area contributed by atoms with E-state index in [1.54, 1.807) is 6.92 Å². The molecule has 0 atom stereocenters. The molecular weight excluding hydrogens is 131 g/mol. The molecule has 0 aliphatic carbocycles. The second kappa shape index (κ2) is 2.77. The summed E-state index contributed by atoms with van der Waals surface area (Å²) < 4.78 is 0. The summed E-state index contributed by atoms with van der Waals surface area (Å²) in [5.74, 6) is 0.615. The van der Waals surface area contributed by atoms with Gasteiger partial charge in [-0.1, -0.05) is 0 Å². The lowest BCUT2D eigenvalue weighted by atomic mass is 9.83. The Morgan fingerprint density at radius 1 is 1.30 bits per heavy atom. The van der Waals surface area contributed by atoms with Crippen LogP contribution >= 0.6 is 0 Å². The maximum absolute atomic E-state index is 8.59.